The Morgan fingerprint density at radius 1 is 1.13 bits per heavy atom. The van der Waals surface area contributed by atoms with E-state index >= 15 is 0 Å². The highest BCUT2D eigenvalue weighted by Crippen LogP contribution is 2.27. The highest BCUT2D eigenvalue weighted by Gasteiger charge is 2.35. The Morgan fingerprint density at radius 2 is 1.87 bits per heavy atom. The Bertz CT molecular complexity index is 943. The molecule has 0 radical (unpaired) electrons. The molecule has 3 amide bonds. The van der Waals surface area contributed by atoms with E-state index in [9.17, 15) is 18.8 Å². The van der Waals surface area contributed by atoms with Gasteiger partial charge in [-0.3, -0.25) is 14.4 Å². The third-order valence-corrected chi connectivity index (χ3v) is 5.11. The predicted octanol–water partition coefficient (Wildman–Crippen LogP) is 4.12. The normalized spacial score (nSPS) is 15.9. The molecule has 7 heteroatoms. The number of carbonyl (C=O) groups excluding carboxylic acids is 3. The third-order valence-electron chi connectivity index (χ3n) is 5.11. The lowest BCUT2D eigenvalue weighted by Crippen LogP contribution is -2.28. The second-order valence-electron chi connectivity index (χ2n) is 7.54. The molecule has 0 aliphatic carbocycles. The zero-order chi connectivity index (χ0) is 21.7. The molecular formula is C23H26FN3O3. The van der Waals surface area contributed by atoms with Gasteiger partial charge in [0.25, 0.3) is 0 Å². The first kappa shape index (κ1) is 21.5. The summed E-state index contributed by atoms with van der Waals surface area (Å²) >= 11 is 0. The lowest BCUT2D eigenvalue weighted by Gasteiger charge is -2.17. The number of nitrogens with one attached hydrogen (secondary N) is 2. The number of unbranched alkanes of at least 4 members (excludes halogenated alkanes) is 1. The second kappa shape index (κ2) is 9.52. The van der Waals surface area contributed by atoms with Gasteiger partial charge >= 0.3 is 0 Å². The van der Waals surface area contributed by atoms with Crippen LogP contribution in [0.1, 0.15) is 38.7 Å². The zero-order valence-corrected chi connectivity index (χ0v) is 17.2. The molecule has 0 bridgehead atoms. The van der Waals surface area contributed by atoms with E-state index < -0.39 is 17.6 Å². The molecule has 6 nitrogen and oxygen atoms in total. The summed E-state index contributed by atoms with van der Waals surface area (Å²) in [7, 11) is 0. The summed E-state index contributed by atoms with van der Waals surface area (Å²) in [5.74, 6) is -2.05. The molecule has 1 saturated heterocycles. The standard InChI is InChI=1S/C23H26FN3O3/c1-3-4-5-16-6-9-19(10-7-16)27-14-17(12-22(27)29)23(30)26-21-13-18(25-15(2)28)8-11-20(21)24/h6-11,13,17H,3-5,12,14H2,1-2H3,(H,25,28)(H,26,30)/t17-/m1/s1. The van der Waals surface area contributed by atoms with Crippen LogP contribution in [0, 0.1) is 11.7 Å². The van der Waals surface area contributed by atoms with Crippen LogP contribution in [0.5, 0.6) is 0 Å². The minimum absolute atomic E-state index is 0.0302. The van der Waals surface area contributed by atoms with E-state index in [4.69, 9.17) is 0 Å². The Labute approximate surface area is 175 Å². The van der Waals surface area contributed by atoms with Gasteiger partial charge in [0.05, 0.1) is 11.6 Å². The highest BCUT2D eigenvalue weighted by atomic mass is 19.1. The van der Waals surface area contributed by atoms with E-state index in [0.29, 0.717) is 5.69 Å². The Morgan fingerprint density at radius 3 is 2.53 bits per heavy atom. The molecule has 1 fully saturated rings. The summed E-state index contributed by atoms with van der Waals surface area (Å²) in [4.78, 5) is 37.9. The zero-order valence-electron chi connectivity index (χ0n) is 17.2. The van der Waals surface area contributed by atoms with Crippen molar-refractivity contribution < 1.29 is 18.8 Å². The van der Waals surface area contributed by atoms with Crippen LogP contribution >= 0.6 is 0 Å². The van der Waals surface area contributed by atoms with E-state index in [1.165, 1.54) is 30.7 Å². The smallest absolute Gasteiger partial charge is 0.229 e. The maximum absolute atomic E-state index is 14.1. The summed E-state index contributed by atoms with van der Waals surface area (Å²) < 4.78 is 14.1. The summed E-state index contributed by atoms with van der Waals surface area (Å²) in [5, 5.41) is 5.10. The first-order valence-corrected chi connectivity index (χ1v) is 10.1. The maximum Gasteiger partial charge on any atom is 0.229 e. The highest BCUT2D eigenvalue weighted by molar-refractivity contribution is 6.03. The molecule has 1 aliphatic rings. The predicted molar refractivity (Wildman–Crippen MR) is 115 cm³/mol. The van der Waals surface area contributed by atoms with Gasteiger partial charge in [0.15, 0.2) is 0 Å². The van der Waals surface area contributed by atoms with Crippen molar-refractivity contribution in [1.29, 1.82) is 0 Å². The van der Waals surface area contributed by atoms with Gasteiger partial charge in [-0.05, 0) is 48.7 Å². The van der Waals surface area contributed by atoms with Crippen LogP contribution in [-0.4, -0.2) is 24.3 Å². The van der Waals surface area contributed by atoms with Crippen molar-refractivity contribution in [2.24, 2.45) is 5.92 Å². The van der Waals surface area contributed by atoms with Gasteiger partial charge in [0.1, 0.15) is 5.82 Å². The maximum atomic E-state index is 14.1. The lowest BCUT2D eigenvalue weighted by molar-refractivity contribution is -0.122. The largest absolute Gasteiger partial charge is 0.326 e. The number of hydrogen-bond donors (Lipinski definition) is 2. The van der Waals surface area contributed by atoms with Crippen molar-refractivity contribution in [3.05, 3.63) is 53.8 Å². The van der Waals surface area contributed by atoms with E-state index in [1.807, 2.05) is 24.3 Å². The Balaban J connectivity index is 1.66. The molecule has 0 aromatic heterocycles. The van der Waals surface area contributed by atoms with Crippen molar-refractivity contribution in [2.45, 2.75) is 39.5 Å². The van der Waals surface area contributed by atoms with Gasteiger partial charge in [-0.25, -0.2) is 4.39 Å². The van der Waals surface area contributed by atoms with Crippen LogP contribution in [0.3, 0.4) is 0 Å². The van der Waals surface area contributed by atoms with Gasteiger partial charge in [-0.15, -0.1) is 0 Å². The van der Waals surface area contributed by atoms with Gasteiger partial charge in [-0.2, -0.15) is 0 Å². The molecule has 2 aromatic rings. The van der Waals surface area contributed by atoms with Crippen molar-refractivity contribution in [3.63, 3.8) is 0 Å². The number of carbonyl (C=O) groups is 3. The van der Waals surface area contributed by atoms with Crippen molar-refractivity contribution >= 4 is 34.8 Å². The molecule has 0 saturated carbocycles. The summed E-state index contributed by atoms with van der Waals surface area (Å²) in [6, 6.07) is 11.8. The van der Waals surface area contributed by atoms with Crippen molar-refractivity contribution in [2.75, 3.05) is 22.1 Å². The molecule has 1 aliphatic heterocycles. The molecule has 2 N–H and O–H groups in total. The summed E-state index contributed by atoms with van der Waals surface area (Å²) in [6.45, 7) is 3.73. The number of benzene rings is 2. The minimum Gasteiger partial charge on any atom is -0.326 e. The summed E-state index contributed by atoms with van der Waals surface area (Å²) in [6.07, 6.45) is 3.30. The number of halogens is 1. The molecule has 0 spiro atoms. The first-order chi connectivity index (χ1) is 14.4. The fraction of sp³-hybridized carbons (Fsp3) is 0.348. The number of amides is 3. The first-order valence-electron chi connectivity index (χ1n) is 10.1. The van der Waals surface area contributed by atoms with Crippen LogP contribution in [-0.2, 0) is 20.8 Å². The monoisotopic (exact) mass is 411 g/mol. The Hall–Kier alpha value is -3.22. The number of anilines is 3. The Kier molecular flexibility index (Phi) is 6.82. The number of aryl methyl sites for hydroxylation is 1. The second-order valence-corrected chi connectivity index (χ2v) is 7.54. The fourth-order valence-corrected chi connectivity index (χ4v) is 3.49. The number of hydrogen-bond acceptors (Lipinski definition) is 3. The average Bonchev–Trinajstić information content (AvgIpc) is 3.11. The van der Waals surface area contributed by atoms with Crippen molar-refractivity contribution in [1.82, 2.24) is 0 Å². The van der Waals surface area contributed by atoms with E-state index in [0.717, 1.165) is 24.9 Å². The van der Waals surface area contributed by atoms with Crippen LogP contribution in [0.2, 0.25) is 0 Å². The average molecular weight is 411 g/mol. The molecule has 30 heavy (non-hydrogen) atoms. The van der Waals surface area contributed by atoms with Crippen LogP contribution in [0.25, 0.3) is 0 Å². The quantitative estimate of drug-likeness (QED) is 0.719. The third kappa shape index (κ3) is 5.23. The molecular weight excluding hydrogens is 385 g/mol. The van der Waals surface area contributed by atoms with Gasteiger partial charge in [0, 0.05) is 31.3 Å². The van der Waals surface area contributed by atoms with E-state index in [1.54, 1.807) is 4.90 Å². The topological polar surface area (TPSA) is 78.5 Å². The molecule has 2 aromatic carbocycles. The summed E-state index contributed by atoms with van der Waals surface area (Å²) in [5.41, 5.74) is 2.33. The van der Waals surface area contributed by atoms with Crippen LogP contribution in [0.15, 0.2) is 42.5 Å². The van der Waals surface area contributed by atoms with Crippen molar-refractivity contribution in [3.8, 4) is 0 Å². The van der Waals surface area contributed by atoms with E-state index in [-0.39, 0.29) is 30.5 Å². The molecule has 1 atom stereocenters. The fourth-order valence-electron chi connectivity index (χ4n) is 3.49. The lowest BCUT2D eigenvalue weighted by atomic mass is 10.1. The van der Waals surface area contributed by atoms with E-state index in [2.05, 4.69) is 17.6 Å². The van der Waals surface area contributed by atoms with Gasteiger partial charge < -0.3 is 15.5 Å². The van der Waals surface area contributed by atoms with Crippen LogP contribution < -0.4 is 15.5 Å². The van der Waals surface area contributed by atoms with Crippen LogP contribution in [0.4, 0.5) is 21.5 Å². The molecule has 3 rings (SSSR count). The molecule has 1 heterocycles. The number of rotatable bonds is 7. The molecule has 0 unspecified atom stereocenters. The minimum atomic E-state index is -0.610. The van der Waals surface area contributed by atoms with Gasteiger partial charge in [0.2, 0.25) is 17.7 Å². The SMILES string of the molecule is CCCCc1ccc(N2C[C@H](C(=O)Nc3cc(NC(C)=O)ccc3F)CC2=O)cc1. The molecule has 158 valence electrons. The van der Waals surface area contributed by atoms with Gasteiger partial charge in [-0.1, -0.05) is 25.5 Å². The number of nitrogens with zero attached hydrogens (tertiary/aromatic N) is 1.